The van der Waals surface area contributed by atoms with E-state index in [1.165, 1.54) is 38.6 Å². The van der Waals surface area contributed by atoms with Crippen molar-refractivity contribution in [2.75, 3.05) is 13.7 Å². The van der Waals surface area contributed by atoms with Crippen molar-refractivity contribution < 1.29 is 4.74 Å². The maximum Gasteiger partial charge on any atom is 0.0727 e. The van der Waals surface area contributed by atoms with Gasteiger partial charge in [0, 0.05) is 13.2 Å². The lowest BCUT2D eigenvalue weighted by Gasteiger charge is -2.41. The van der Waals surface area contributed by atoms with Gasteiger partial charge in [0.05, 0.1) is 6.10 Å². The van der Waals surface area contributed by atoms with Gasteiger partial charge in [-0.05, 0) is 38.1 Å². The summed E-state index contributed by atoms with van der Waals surface area (Å²) < 4.78 is 5.50. The molecular weight excluding hydrogens is 150 g/mol. The Bertz CT molecular complexity index is 145. The summed E-state index contributed by atoms with van der Waals surface area (Å²) in [6.07, 6.45) is 7.28. The molecule has 70 valence electrons. The summed E-state index contributed by atoms with van der Waals surface area (Å²) in [6, 6.07) is 0.664. The van der Waals surface area contributed by atoms with Crippen molar-refractivity contribution in [1.82, 2.24) is 5.32 Å². The van der Waals surface area contributed by atoms with Crippen LogP contribution in [0.15, 0.2) is 0 Å². The van der Waals surface area contributed by atoms with E-state index in [9.17, 15) is 0 Å². The second kappa shape index (κ2) is 3.75. The third-order valence-corrected chi connectivity index (χ3v) is 3.41. The molecular formula is C10H19NO. The van der Waals surface area contributed by atoms with E-state index in [2.05, 4.69) is 5.32 Å². The molecule has 12 heavy (non-hydrogen) atoms. The van der Waals surface area contributed by atoms with Crippen LogP contribution in [0.1, 0.15) is 32.1 Å². The predicted octanol–water partition coefficient (Wildman–Crippen LogP) is 1.55. The summed E-state index contributed by atoms with van der Waals surface area (Å²) in [5.41, 5.74) is 0. The van der Waals surface area contributed by atoms with Crippen LogP contribution in [0, 0.1) is 5.92 Å². The van der Waals surface area contributed by atoms with Crippen molar-refractivity contribution in [3.05, 3.63) is 0 Å². The Hall–Kier alpha value is -0.0800. The fourth-order valence-corrected chi connectivity index (χ4v) is 2.42. The van der Waals surface area contributed by atoms with Gasteiger partial charge < -0.3 is 10.1 Å². The third kappa shape index (κ3) is 1.50. The van der Waals surface area contributed by atoms with Crippen molar-refractivity contribution in [3.8, 4) is 0 Å². The van der Waals surface area contributed by atoms with Crippen molar-refractivity contribution in [1.29, 1.82) is 0 Å². The maximum absolute atomic E-state index is 5.50. The second-order valence-corrected chi connectivity index (χ2v) is 4.09. The third-order valence-electron chi connectivity index (χ3n) is 3.41. The highest BCUT2D eigenvalue weighted by molar-refractivity contribution is 4.90. The van der Waals surface area contributed by atoms with Gasteiger partial charge in [-0.2, -0.15) is 0 Å². The Kier molecular flexibility index (Phi) is 2.66. The first-order chi connectivity index (χ1) is 5.92. The molecule has 1 heterocycles. The quantitative estimate of drug-likeness (QED) is 0.677. The first-order valence-corrected chi connectivity index (χ1v) is 5.18. The van der Waals surface area contributed by atoms with E-state index in [1.54, 1.807) is 0 Å². The van der Waals surface area contributed by atoms with Gasteiger partial charge in [0.2, 0.25) is 0 Å². The molecule has 0 radical (unpaired) electrons. The van der Waals surface area contributed by atoms with Crippen molar-refractivity contribution in [2.24, 2.45) is 5.92 Å². The number of methoxy groups -OCH3 is 1. The molecule has 2 heteroatoms. The molecule has 2 rings (SSSR count). The number of hydrogen-bond acceptors (Lipinski definition) is 2. The molecule has 0 aromatic carbocycles. The fraction of sp³-hybridized carbons (Fsp3) is 1.00. The Balaban J connectivity index is 1.90. The molecule has 2 aliphatic rings. The Labute approximate surface area is 74.7 Å². The lowest BCUT2D eigenvalue weighted by Crippen LogP contribution is -2.51. The molecule has 0 amide bonds. The normalized spacial score (nSPS) is 37.8. The molecule has 0 spiro atoms. The van der Waals surface area contributed by atoms with Crippen LogP contribution in [-0.4, -0.2) is 25.8 Å². The fourth-order valence-electron chi connectivity index (χ4n) is 2.42. The van der Waals surface area contributed by atoms with Gasteiger partial charge in [-0.25, -0.2) is 0 Å². The summed E-state index contributed by atoms with van der Waals surface area (Å²) in [4.78, 5) is 0. The summed E-state index contributed by atoms with van der Waals surface area (Å²) in [5, 5.41) is 3.60. The highest BCUT2D eigenvalue weighted by Crippen LogP contribution is 2.33. The monoisotopic (exact) mass is 169 g/mol. The smallest absolute Gasteiger partial charge is 0.0727 e. The Morgan fingerprint density at radius 3 is 2.58 bits per heavy atom. The standard InChI is InChI=1S/C10H19NO/c1-12-9-6-3-7-11-10(9)8-4-2-5-8/h8-11H,2-7H2,1H3. The van der Waals surface area contributed by atoms with E-state index in [1.807, 2.05) is 7.11 Å². The van der Waals surface area contributed by atoms with Crippen LogP contribution in [0.3, 0.4) is 0 Å². The minimum absolute atomic E-state index is 0.490. The van der Waals surface area contributed by atoms with Gasteiger partial charge in [-0.3, -0.25) is 0 Å². The highest BCUT2D eigenvalue weighted by atomic mass is 16.5. The van der Waals surface area contributed by atoms with Crippen molar-refractivity contribution >= 4 is 0 Å². The molecule has 1 N–H and O–H groups in total. The number of ether oxygens (including phenoxy) is 1. The van der Waals surface area contributed by atoms with Crippen LogP contribution in [0.5, 0.6) is 0 Å². The summed E-state index contributed by atoms with van der Waals surface area (Å²) in [5.74, 6) is 0.912. The van der Waals surface area contributed by atoms with Crippen LogP contribution in [0.25, 0.3) is 0 Å². The second-order valence-electron chi connectivity index (χ2n) is 4.09. The van der Waals surface area contributed by atoms with E-state index in [0.717, 1.165) is 5.92 Å². The van der Waals surface area contributed by atoms with Gasteiger partial charge in [0.1, 0.15) is 0 Å². The highest BCUT2D eigenvalue weighted by Gasteiger charge is 2.34. The molecule has 2 atom stereocenters. The van der Waals surface area contributed by atoms with Crippen LogP contribution in [-0.2, 0) is 4.74 Å². The van der Waals surface area contributed by atoms with E-state index < -0.39 is 0 Å². The molecule has 1 aliphatic carbocycles. The molecule has 2 fully saturated rings. The first-order valence-electron chi connectivity index (χ1n) is 5.18. The Morgan fingerprint density at radius 2 is 2.00 bits per heavy atom. The molecule has 0 aromatic rings. The van der Waals surface area contributed by atoms with Gasteiger partial charge >= 0.3 is 0 Å². The average molecular weight is 169 g/mol. The number of piperidine rings is 1. The number of rotatable bonds is 2. The zero-order valence-corrected chi connectivity index (χ0v) is 7.88. The average Bonchev–Trinajstić information content (AvgIpc) is 2.02. The predicted molar refractivity (Wildman–Crippen MR) is 49.2 cm³/mol. The molecule has 0 aromatic heterocycles. The van der Waals surface area contributed by atoms with Gasteiger partial charge in [-0.15, -0.1) is 0 Å². The SMILES string of the molecule is COC1CCCNC1C1CCC1. The first kappa shape index (κ1) is 8.52. The van der Waals surface area contributed by atoms with E-state index in [4.69, 9.17) is 4.74 Å². The van der Waals surface area contributed by atoms with Crippen LogP contribution in [0.2, 0.25) is 0 Å². The number of hydrogen-bond donors (Lipinski definition) is 1. The van der Waals surface area contributed by atoms with Crippen LogP contribution >= 0.6 is 0 Å². The summed E-state index contributed by atoms with van der Waals surface area (Å²) in [7, 11) is 1.85. The van der Waals surface area contributed by atoms with Crippen molar-refractivity contribution in [2.45, 2.75) is 44.2 Å². The van der Waals surface area contributed by atoms with Gasteiger partial charge in [-0.1, -0.05) is 6.42 Å². The molecule has 1 aliphatic heterocycles. The minimum Gasteiger partial charge on any atom is -0.380 e. The van der Waals surface area contributed by atoms with E-state index in [0.29, 0.717) is 12.1 Å². The summed E-state index contributed by atoms with van der Waals surface area (Å²) >= 11 is 0. The molecule has 0 bridgehead atoms. The zero-order valence-electron chi connectivity index (χ0n) is 7.88. The lowest BCUT2D eigenvalue weighted by molar-refractivity contribution is 0.00915. The topological polar surface area (TPSA) is 21.3 Å². The largest absolute Gasteiger partial charge is 0.380 e. The van der Waals surface area contributed by atoms with Gasteiger partial charge in [0.15, 0.2) is 0 Å². The summed E-state index contributed by atoms with van der Waals surface area (Å²) in [6.45, 7) is 1.20. The zero-order chi connectivity index (χ0) is 8.39. The van der Waals surface area contributed by atoms with Crippen molar-refractivity contribution in [3.63, 3.8) is 0 Å². The maximum atomic E-state index is 5.50. The minimum atomic E-state index is 0.490. The molecule has 2 unspecified atom stereocenters. The van der Waals surface area contributed by atoms with E-state index >= 15 is 0 Å². The van der Waals surface area contributed by atoms with Crippen LogP contribution in [0.4, 0.5) is 0 Å². The van der Waals surface area contributed by atoms with Gasteiger partial charge in [0.25, 0.3) is 0 Å². The Morgan fingerprint density at radius 1 is 1.17 bits per heavy atom. The molecule has 2 nitrogen and oxygen atoms in total. The van der Waals surface area contributed by atoms with Crippen LogP contribution < -0.4 is 5.32 Å². The van der Waals surface area contributed by atoms with E-state index in [-0.39, 0.29) is 0 Å². The number of nitrogens with one attached hydrogen (secondary N) is 1. The lowest BCUT2D eigenvalue weighted by atomic mass is 9.76. The molecule has 1 saturated heterocycles. The molecule has 1 saturated carbocycles.